The fraction of sp³-hybridized carbons (Fsp3) is 0.789. The molecule has 1 aliphatic heterocycles. The quantitative estimate of drug-likeness (QED) is 0.350. The van der Waals surface area contributed by atoms with Crippen molar-refractivity contribution >= 4 is 23.9 Å². The molecule has 1 saturated heterocycles. The van der Waals surface area contributed by atoms with Crippen molar-refractivity contribution in [3.8, 4) is 0 Å². The third-order valence-corrected chi connectivity index (χ3v) is 5.01. The third-order valence-electron chi connectivity index (χ3n) is 5.01. The summed E-state index contributed by atoms with van der Waals surface area (Å²) in [6.07, 6.45) is 1.73. The summed E-state index contributed by atoms with van der Waals surface area (Å²) in [6, 6.07) is 0. The number of carboxylic acid groups (broad SMARTS) is 4. The smallest absolute Gasteiger partial charge is 0.317 e. The van der Waals surface area contributed by atoms with Crippen LogP contribution in [-0.2, 0) is 19.2 Å². The van der Waals surface area contributed by atoms with Crippen molar-refractivity contribution in [2.45, 2.75) is 19.3 Å². The Morgan fingerprint density at radius 2 is 0.613 bits per heavy atom. The van der Waals surface area contributed by atoms with Gasteiger partial charge in [0, 0.05) is 26.2 Å². The summed E-state index contributed by atoms with van der Waals surface area (Å²) in [6.45, 7) is 2.96. The minimum absolute atomic E-state index is 0.135. The lowest BCUT2D eigenvalue weighted by atomic mass is 10.2. The second-order valence-electron chi connectivity index (χ2n) is 7.74. The molecular weight excluding hydrogens is 412 g/mol. The van der Waals surface area contributed by atoms with Gasteiger partial charge in [-0.25, -0.2) is 0 Å². The summed E-state index contributed by atoms with van der Waals surface area (Å²) in [5.41, 5.74) is 0. The predicted octanol–water partition coefficient (Wildman–Crippen LogP) is -1.28. The van der Waals surface area contributed by atoms with Crippen LogP contribution in [0.15, 0.2) is 0 Å². The lowest BCUT2D eigenvalue weighted by Crippen LogP contribution is -2.41. The zero-order chi connectivity index (χ0) is 23.2. The highest BCUT2D eigenvalue weighted by Crippen LogP contribution is 2.04. The number of carboxylic acids is 4. The molecule has 0 saturated carbocycles. The summed E-state index contributed by atoms with van der Waals surface area (Å²) < 4.78 is 0. The van der Waals surface area contributed by atoms with Crippen molar-refractivity contribution in [3.05, 3.63) is 0 Å². The van der Waals surface area contributed by atoms with Gasteiger partial charge in [-0.3, -0.25) is 38.8 Å². The Morgan fingerprint density at radius 1 is 0.419 bits per heavy atom. The SMILES string of the molecule is O=C(O)CN1CCCN(CC(=O)O)CCCN(CC(=O)O)CCN(CC(=O)O)CCC1. The zero-order valence-electron chi connectivity index (χ0n) is 17.8. The molecule has 0 atom stereocenters. The fourth-order valence-corrected chi connectivity index (χ4v) is 3.68. The van der Waals surface area contributed by atoms with E-state index in [-0.39, 0.29) is 26.2 Å². The fourth-order valence-electron chi connectivity index (χ4n) is 3.68. The highest BCUT2D eigenvalue weighted by atomic mass is 16.4. The molecule has 0 aliphatic carbocycles. The number of rotatable bonds is 8. The topological polar surface area (TPSA) is 162 Å². The van der Waals surface area contributed by atoms with Crippen LogP contribution in [0.25, 0.3) is 0 Å². The Kier molecular flexibility index (Phi) is 12.7. The van der Waals surface area contributed by atoms with Gasteiger partial charge in [0.2, 0.25) is 0 Å². The van der Waals surface area contributed by atoms with Gasteiger partial charge in [0.15, 0.2) is 0 Å². The first-order chi connectivity index (χ1) is 14.7. The van der Waals surface area contributed by atoms with Gasteiger partial charge in [0.1, 0.15) is 0 Å². The van der Waals surface area contributed by atoms with Crippen LogP contribution in [0.4, 0.5) is 0 Å². The maximum atomic E-state index is 11.2. The number of carbonyl (C=O) groups is 4. The Balaban J connectivity index is 2.88. The Labute approximate surface area is 181 Å². The second-order valence-corrected chi connectivity index (χ2v) is 7.74. The first kappa shape index (κ1) is 26.8. The number of aliphatic carboxylic acids is 4. The van der Waals surface area contributed by atoms with Crippen LogP contribution >= 0.6 is 0 Å². The van der Waals surface area contributed by atoms with Crippen LogP contribution in [0.2, 0.25) is 0 Å². The molecule has 12 heteroatoms. The first-order valence-corrected chi connectivity index (χ1v) is 10.4. The van der Waals surface area contributed by atoms with E-state index in [1.807, 2.05) is 0 Å². The van der Waals surface area contributed by atoms with E-state index < -0.39 is 23.9 Å². The highest BCUT2D eigenvalue weighted by Gasteiger charge is 2.18. The van der Waals surface area contributed by atoms with Crippen molar-refractivity contribution < 1.29 is 39.6 Å². The zero-order valence-corrected chi connectivity index (χ0v) is 17.8. The van der Waals surface area contributed by atoms with E-state index in [4.69, 9.17) is 20.4 Å². The molecule has 1 aliphatic rings. The molecule has 178 valence electrons. The molecule has 1 rings (SSSR count). The van der Waals surface area contributed by atoms with Crippen LogP contribution in [0, 0.1) is 0 Å². The molecule has 0 spiro atoms. The molecule has 0 aromatic rings. The number of nitrogens with zero attached hydrogens (tertiary/aromatic N) is 4. The lowest BCUT2D eigenvalue weighted by molar-refractivity contribution is -0.140. The van der Waals surface area contributed by atoms with E-state index >= 15 is 0 Å². The molecular formula is C19H34N4O8. The summed E-state index contributed by atoms with van der Waals surface area (Å²) in [4.78, 5) is 51.7. The van der Waals surface area contributed by atoms with Crippen LogP contribution in [-0.4, -0.2) is 142 Å². The van der Waals surface area contributed by atoms with E-state index in [9.17, 15) is 19.2 Å². The number of hydrogen-bond acceptors (Lipinski definition) is 8. The van der Waals surface area contributed by atoms with Gasteiger partial charge in [-0.15, -0.1) is 0 Å². The molecule has 1 fully saturated rings. The van der Waals surface area contributed by atoms with E-state index in [1.165, 1.54) is 0 Å². The van der Waals surface area contributed by atoms with Crippen molar-refractivity contribution in [2.24, 2.45) is 0 Å². The highest BCUT2D eigenvalue weighted by molar-refractivity contribution is 5.70. The van der Waals surface area contributed by atoms with E-state index in [1.54, 1.807) is 19.6 Å². The second kappa shape index (κ2) is 14.7. The van der Waals surface area contributed by atoms with Gasteiger partial charge in [-0.05, 0) is 45.4 Å². The molecule has 0 bridgehead atoms. The maximum absolute atomic E-state index is 11.2. The van der Waals surface area contributed by atoms with Crippen molar-refractivity contribution in [1.82, 2.24) is 19.6 Å². The lowest BCUT2D eigenvalue weighted by Gasteiger charge is -2.27. The summed E-state index contributed by atoms with van der Waals surface area (Å²) >= 11 is 0. The van der Waals surface area contributed by atoms with Gasteiger partial charge in [0.05, 0.1) is 26.2 Å². The average molecular weight is 447 g/mol. The van der Waals surface area contributed by atoms with Gasteiger partial charge in [-0.1, -0.05) is 0 Å². The Bertz CT molecular complexity index is 553. The minimum Gasteiger partial charge on any atom is -0.480 e. The molecule has 0 radical (unpaired) electrons. The monoisotopic (exact) mass is 446 g/mol. The molecule has 12 nitrogen and oxygen atoms in total. The van der Waals surface area contributed by atoms with Crippen molar-refractivity contribution in [3.63, 3.8) is 0 Å². The van der Waals surface area contributed by atoms with Crippen molar-refractivity contribution in [1.29, 1.82) is 0 Å². The van der Waals surface area contributed by atoms with E-state index in [0.29, 0.717) is 71.6 Å². The van der Waals surface area contributed by atoms with E-state index in [0.717, 1.165) is 0 Å². The molecule has 0 unspecified atom stereocenters. The maximum Gasteiger partial charge on any atom is 0.317 e. The number of hydrogen-bond donors (Lipinski definition) is 4. The van der Waals surface area contributed by atoms with Crippen LogP contribution in [0.5, 0.6) is 0 Å². The molecule has 31 heavy (non-hydrogen) atoms. The minimum atomic E-state index is -0.977. The largest absolute Gasteiger partial charge is 0.480 e. The van der Waals surface area contributed by atoms with Crippen LogP contribution in [0.3, 0.4) is 0 Å². The Morgan fingerprint density at radius 3 is 0.806 bits per heavy atom. The van der Waals surface area contributed by atoms with Gasteiger partial charge in [-0.2, -0.15) is 0 Å². The average Bonchev–Trinajstić information content (AvgIpc) is 2.63. The molecule has 0 amide bonds. The van der Waals surface area contributed by atoms with Gasteiger partial charge < -0.3 is 20.4 Å². The summed E-state index contributed by atoms with van der Waals surface area (Å²) in [7, 11) is 0. The standard InChI is InChI=1S/C19H34N4O8/c24-16(25)12-20-4-1-5-21(13-17(26)27)7-3-9-23(15-19(30)31)11-10-22(8-2-6-20)14-18(28)29/h1-15H2,(H,24,25)(H,26,27)(H,28,29)(H,30,31). The van der Waals surface area contributed by atoms with E-state index in [2.05, 4.69) is 0 Å². The molecule has 0 aromatic heterocycles. The van der Waals surface area contributed by atoms with Gasteiger partial charge >= 0.3 is 23.9 Å². The normalized spacial score (nSPS) is 19.9. The molecule has 0 aromatic carbocycles. The van der Waals surface area contributed by atoms with Gasteiger partial charge in [0.25, 0.3) is 0 Å². The van der Waals surface area contributed by atoms with Crippen LogP contribution in [0.1, 0.15) is 19.3 Å². The van der Waals surface area contributed by atoms with Crippen molar-refractivity contribution in [2.75, 3.05) is 78.5 Å². The Hall–Kier alpha value is -2.28. The van der Waals surface area contributed by atoms with Crippen LogP contribution < -0.4 is 0 Å². The predicted molar refractivity (Wildman–Crippen MR) is 110 cm³/mol. The molecule has 1 heterocycles. The first-order valence-electron chi connectivity index (χ1n) is 10.4. The molecule has 4 N–H and O–H groups in total. The summed E-state index contributed by atoms with van der Waals surface area (Å²) in [5.74, 6) is -3.86. The summed E-state index contributed by atoms with van der Waals surface area (Å²) in [5, 5.41) is 36.6. The third kappa shape index (κ3) is 13.6.